The molecule has 124 valence electrons. The molecule has 1 N–H and O–H groups in total. The molecular weight excluding hydrogens is 326 g/mol. The molecule has 1 aliphatic heterocycles. The minimum absolute atomic E-state index is 0.0559. The maximum absolute atomic E-state index is 12.2. The van der Waals surface area contributed by atoms with Gasteiger partial charge >= 0.3 is 0 Å². The monoisotopic (exact) mass is 343 g/mol. The van der Waals surface area contributed by atoms with Crippen molar-refractivity contribution in [3.05, 3.63) is 52.5 Å². The van der Waals surface area contributed by atoms with Gasteiger partial charge in [0.1, 0.15) is 0 Å². The van der Waals surface area contributed by atoms with Gasteiger partial charge in [0.05, 0.1) is 18.9 Å². The average Bonchev–Trinajstić information content (AvgIpc) is 2.83. The first-order valence-corrected chi connectivity index (χ1v) is 8.03. The summed E-state index contributed by atoms with van der Waals surface area (Å²) in [7, 11) is 1.60. The molecule has 0 saturated carbocycles. The van der Waals surface area contributed by atoms with Crippen LogP contribution < -0.4 is 14.8 Å². The molecule has 1 heterocycles. The molecule has 5 heteroatoms. The number of methoxy groups -OCH3 is 1. The number of fused-ring (bicyclic) bond motifs is 1. The summed E-state index contributed by atoms with van der Waals surface area (Å²) in [6.07, 6.45) is 1.89. The zero-order valence-electron chi connectivity index (χ0n) is 13.7. The number of nitrogens with one attached hydrogen (secondary N) is 1. The molecule has 0 radical (unpaired) electrons. The van der Waals surface area contributed by atoms with Crippen LogP contribution in [0.2, 0.25) is 5.02 Å². The molecule has 0 saturated heterocycles. The first-order valence-electron chi connectivity index (χ1n) is 7.65. The number of hydrogen-bond donors (Lipinski definition) is 1. The molecule has 1 aliphatic rings. The summed E-state index contributed by atoms with van der Waals surface area (Å²) in [4.78, 5) is 12.2. The molecule has 0 atom stereocenters. The quantitative estimate of drug-likeness (QED) is 0.823. The number of halogens is 1. The topological polar surface area (TPSA) is 47.6 Å². The van der Waals surface area contributed by atoms with E-state index in [0.29, 0.717) is 22.1 Å². The van der Waals surface area contributed by atoms with E-state index in [9.17, 15) is 4.79 Å². The minimum Gasteiger partial charge on any atom is -0.493 e. The highest BCUT2D eigenvalue weighted by Gasteiger charge is 2.24. The van der Waals surface area contributed by atoms with E-state index in [1.54, 1.807) is 19.2 Å². The molecule has 3 rings (SSSR count). The van der Waals surface area contributed by atoms with Crippen LogP contribution in [0.25, 0.3) is 11.6 Å². The van der Waals surface area contributed by atoms with Gasteiger partial charge in [-0.1, -0.05) is 23.7 Å². The smallest absolute Gasteiger partial charge is 0.256 e. The number of amides is 1. The second kappa shape index (κ2) is 6.57. The van der Waals surface area contributed by atoms with Crippen molar-refractivity contribution in [2.45, 2.75) is 20.0 Å². The highest BCUT2D eigenvalue weighted by Crippen LogP contribution is 2.36. The number of anilines is 1. The third kappa shape index (κ3) is 3.24. The number of hydrogen-bond acceptors (Lipinski definition) is 3. The SMILES string of the molecule is COc1cc(/C=C2/C(=O)Nc3cc(Cl)ccc32)ccc1OC(C)C. The predicted octanol–water partition coefficient (Wildman–Crippen LogP) is 4.63. The Labute approximate surface area is 146 Å². The molecule has 0 fully saturated rings. The highest BCUT2D eigenvalue weighted by atomic mass is 35.5. The summed E-state index contributed by atoms with van der Waals surface area (Å²) in [5.41, 5.74) is 3.02. The van der Waals surface area contributed by atoms with E-state index in [2.05, 4.69) is 5.32 Å². The van der Waals surface area contributed by atoms with Crippen LogP contribution in [-0.2, 0) is 4.79 Å². The summed E-state index contributed by atoms with van der Waals surface area (Å²) >= 11 is 5.98. The lowest BCUT2D eigenvalue weighted by molar-refractivity contribution is -0.110. The van der Waals surface area contributed by atoms with Crippen molar-refractivity contribution in [3.63, 3.8) is 0 Å². The van der Waals surface area contributed by atoms with Gasteiger partial charge in [0.25, 0.3) is 5.91 Å². The number of carbonyl (C=O) groups is 1. The highest BCUT2D eigenvalue weighted by molar-refractivity contribution is 6.36. The van der Waals surface area contributed by atoms with Crippen LogP contribution in [0.4, 0.5) is 5.69 Å². The van der Waals surface area contributed by atoms with E-state index in [1.165, 1.54) is 0 Å². The second-order valence-electron chi connectivity index (χ2n) is 5.78. The van der Waals surface area contributed by atoms with E-state index < -0.39 is 0 Å². The Balaban J connectivity index is 1.99. The first-order chi connectivity index (χ1) is 11.5. The fraction of sp³-hybridized carbons (Fsp3) is 0.211. The fourth-order valence-electron chi connectivity index (χ4n) is 2.60. The first kappa shape index (κ1) is 16.4. The van der Waals surface area contributed by atoms with Crippen LogP contribution in [0, 0.1) is 0 Å². The molecule has 0 aliphatic carbocycles. The van der Waals surface area contributed by atoms with Crippen LogP contribution in [0.1, 0.15) is 25.0 Å². The van der Waals surface area contributed by atoms with Crippen LogP contribution in [0.15, 0.2) is 36.4 Å². The van der Waals surface area contributed by atoms with Crippen LogP contribution >= 0.6 is 11.6 Å². The summed E-state index contributed by atoms with van der Waals surface area (Å²) in [6.45, 7) is 3.92. The average molecular weight is 344 g/mol. The van der Waals surface area contributed by atoms with E-state index >= 15 is 0 Å². The van der Waals surface area contributed by atoms with Crippen LogP contribution in [0.5, 0.6) is 11.5 Å². The Morgan fingerprint density at radius 1 is 1.12 bits per heavy atom. The standard InChI is InChI=1S/C19H18ClNO3/c1-11(2)24-17-7-4-12(9-18(17)23-3)8-15-14-6-5-13(20)10-16(14)21-19(15)22/h4-11H,1-3H3,(H,21,22)/b15-8+. The van der Waals surface area contributed by atoms with Gasteiger partial charge in [-0.15, -0.1) is 0 Å². The lowest BCUT2D eigenvalue weighted by Crippen LogP contribution is -2.06. The Kier molecular flexibility index (Phi) is 4.49. The van der Waals surface area contributed by atoms with Crippen molar-refractivity contribution in [2.24, 2.45) is 0 Å². The Hall–Kier alpha value is -2.46. The van der Waals surface area contributed by atoms with Gasteiger partial charge in [-0.2, -0.15) is 0 Å². The summed E-state index contributed by atoms with van der Waals surface area (Å²) in [6, 6.07) is 11.0. The number of rotatable bonds is 4. The Morgan fingerprint density at radius 2 is 1.92 bits per heavy atom. The fourth-order valence-corrected chi connectivity index (χ4v) is 2.77. The third-order valence-corrected chi connectivity index (χ3v) is 3.86. The zero-order chi connectivity index (χ0) is 17.3. The lowest BCUT2D eigenvalue weighted by atomic mass is 10.0. The number of benzene rings is 2. The number of ether oxygens (including phenoxy) is 2. The van der Waals surface area contributed by atoms with Crippen molar-refractivity contribution in [3.8, 4) is 11.5 Å². The van der Waals surface area contributed by atoms with E-state index in [4.69, 9.17) is 21.1 Å². The summed E-state index contributed by atoms with van der Waals surface area (Å²) in [5, 5.41) is 3.42. The van der Waals surface area contributed by atoms with Crippen molar-refractivity contribution in [2.75, 3.05) is 12.4 Å². The van der Waals surface area contributed by atoms with Crippen molar-refractivity contribution in [1.29, 1.82) is 0 Å². The van der Waals surface area contributed by atoms with Gasteiger partial charge in [0, 0.05) is 16.2 Å². The minimum atomic E-state index is -0.145. The van der Waals surface area contributed by atoms with Crippen LogP contribution in [0.3, 0.4) is 0 Å². The molecule has 0 spiro atoms. The predicted molar refractivity (Wildman–Crippen MR) is 96.7 cm³/mol. The normalized spacial score (nSPS) is 14.7. The molecule has 24 heavy (non-hydrogen) atoms. The third-order valence-electron chi connectivity index (χ3n) is 3.63. The van der Waals surface area contributed by atoms with E-state index in [1.807, 2.05) is 44.2 Å². The zero-order valence-corrected chi connectivity index (χ0v) is 14.5. The van der Waals surface area contributed by atoms with Gasteiger partial charge in [0.2, 0.25) is 0 Å². The van der Waals surface area contributed by atoms with Gasteiger partial charge < -0.3 is 14.8 Å². The molecule has 2 aromatic rings. The Morgan fingerprint density at radius 3 is 2.62 bits per heavy atom. The van der Waals surface area contributed by atoms with Gasteiger partial charge in [-0.3, -0.25) is 4.79 Å². The lowest BCUT2D eigenvalue weighted by Gasteiger charge is -2.14. The second-order valence-corrected chi connectivity index (χ2v) is 6.22. The van der Waals surface area contributed by atoms with Crippen LogP contribution in [-0.4, -0.2) is 19.1 Å². The molecule has 0 bridgehead atoms. The van der Waals surface area contributed by atoms with Gasteiger partial charge in [-0.25, -0.2) is 0 Å². The maximum Gasteiger partial charge on any atom is 0.256 e. The van der Waals surface area contributed by atoms with Crippen molar-refractivity contribution >= 4 is 34.8 Å². The van der Waals surface area contributed by atoms with E-state index in [-0.39, 0.29) is 12.0 Å². The van der Waals surface area contributed by atoms with Gasteiger partial charge in [-0.05, 0) is 49.8 Å². The maximum atomic E-state index is 12.2. The molecular formula is C19H18ClNO3. The number of carbonyl (C=O) groups excluding carboxylic acids is 1. The van der Waals surface area contributed by atoms with Crippen molar-refractivity contribution < 1.29 is 14.3 Å². The molecule has 2 aromatic carbocycles. The molecule has 0 aromatic heterocycles. The van der Waals surface area contributed by atoms with Gasteiger partial charge in [0.15, 0.2) is 11.5 Å². The molecule has 0 unspecified atom stereocenters. The van der Waals surface area contributed by atoms with E-state index in [0.717, 1.165) is 16.8 Å². The molecule has 1 amide bonds. The largest absolute Gasteiger partial charge is 0.493 e. The molecule has 4 nitrogen and oxygen atoms in total. The summed E-state index contributed by atoms with van der Waals surface area (Å²) in [5.74, 6) is 1.17. The summed E-state index contributed by atoms with van der Waals surface area (Å²) < 4.78 is 11.1. The van der Waals surface area contributed by atoms with Crippen molar-refractivity contribution in [1.82, 2.24) is 0 Å². The Bertz CT molecular complexity index is 827.